The second-order valence-corrected chi connectivity index (χ2v) is 28.0. The molecule has 134 heavy (non-hydrogen) atoms. The van der Waals surface area contributed by atoms with E-state index in [0.717, 1.165) is 9.80 Å². The van der Waals surface area contributed by atoms with E-state index < -0.39 is 75.6 Å². The molecule has 0 atom stereocenters. The number of rotatable bonds is 64. The molecule has 2 N–H and O–H groups in total. The highest BCUT2D eigenvalue weighted by molar-refractivity contribution is 9.09. The van der Waals surface area contributed by atoms with E-state index in [1.54, 1.807) is 55.9 Å². The Morgan fingerprint density at radius 3 is 0.776 bits per heavy atom. The van der Waals surface area contributed by atoms with E-state index in [1.807, 2.05) is 0 Å². The van der Waals surface area contributed by atoms with Gasteiger partial charge in [0.15, 0.2) is 0 Å². The van der Waals surface area contributed by atoms with Gasteiger partial charge < -0.3 is 77.2 Å². The molecule has 6 aromatic heterocycles. The standard InChI is InChI=1S/2C14H19FN4O6.2C13H17FN4O4.2C11H18BrFN4O3/c15-4-7-23-8-5-18-9-11(16-17-18)10-24-6-3-14(22)25-19-12(20)1-2-13(19)21;15-4-7-24-10-11-9-18(17-16-11)5-8-23-6-3-14(22)25-19-12(20)1-2-13(19)21;14-3-6-22-10-11-9-17(16-15-11)4-7-21-8-5-18-12(19)1-2-13(18)20;14-3-6-21-7-4-17-9-11(15-16-17)10-22-8-5-18-12(19)1-2-13(18)20;12-7-11(18)14-2-5-19-6-3-17-8-10(15-16-17)9-20-4-1-13;12-7-11(18)14-2-5-20-9-10-8-17(16-15-10)3-6-19-4-1-13/h2*9H,1-8,10H2;2*1-2,9H,3-8,10H2;2*8H,1-7,9H2,(H,14,18)/i2*15-1;2*14-1;2*13-1. The lowest BCUT2D eigenvalue weighted by atomic mass is 10.4. The second-order valence-electron chi connectivity index (χ2n) is 26.8. The predicted molar refractivity (Wildman–Crippen MR) is 448 cm³/mol. The van der Waals surface area contributed by atoms with Crippen molar-refractivity contribution in [3.05, 3.63) is 95.6 Å². The molecule has 50 nitrogen and oxygen atoms in total. The van der Waals surface area contributed by atoms with Crippen molar-refractivity contribution in [2.24, 2.45) is 0 Å². The van der Waals surface area contributed by atoms with Gasteiger partial charge in [-0.1, -0.05) is 63.1 Å². The summed E-state index contributed by atoms with van der Waals surface area (Å²) in [6, 6.07) is 0. The second kappa shape index (κ2) is 70.5. The first-order valence-corrected chi connectivity index (χ1v) is 43.9. The molecule has 4 aliphatic rings. The summed E-state index contributed by atoms with van der Waals surface area (Å²) in [5.41, 5.74) is 3.74. The maximum atomic E-state index is 11.9. The zero-order chi connectivity index (χ0) is 97.0. The molecule has 10 amide bonds. The van der Waals surface area contributed by atoms with Crippen LogP contribution in [0.15, 0.2) is 61.5 Å². The molecule has 10 heterocycles. The van der Waals surface area contributed by atoms with Crippen molar-refractivity contribution in [1.29, 1.82) is 0 Å². The summed E-state index contributed by atoms with van der Waals surface area (Å²) in [6.45, 7) is 6.53. The normalized spacial score (nSPS) is 13.3. The first-order chi connectivity index (χ1) is 65.1. The third-order valence-electron chi connectivity index (χ3n) is 16.5. The van der Waals surface area contributed by atoms with Gasteiger partial charge in [-0.15, -0.1) is 40.7 Å². The molecule has 58 heteroatoms. The van der Waals surface area contributed by atoms with Crippen molar-refractivity contribution in [2.45, 2.75) is 117 Å². The molecule has 0 spiro atoms. The topological polar surface area (TPSA) is 555 Å². The largest absolute Gasteiger partial charge is 0.379 e. The van der Waals surface area contributed by atoms with Crippen LogP contribution in [0.1, 0.15) is 72.7 Å². The van der Waals surface area contributed by atoms with E-state index >= 15 is 0 Å². The van der Waals surface area contributed by atoms with Gasteiger partial charge in [-0.2, -0.15) is 0 Å². The lowest BCUT2D eigenvalue weighted by Gasteiger charge is -2.13. The first-order valence-electron chi connectivity index (χ1n) is 41.6. The van der Waals surface area contributed by atoms with E-state index in [0.29, 0.717) is 155 Å². The van der Waals surface area contributed by atoms with Gasteiger partial charge in [-0.05, 0) is 0 Å². The molecule has 0 aliphatic carbocycles. The lowest BCUT2D eigenvalue weighted by molar-refractivity contribution is -0.198. The van der Waals surface area contributed by atoms with Crippen LogP contribution in [0.3, 0.4) is 0 Å². The molecule has 0 bridgehead atoms. The Labute approximate surface area is 779 Å². The summed E-state index contributed by atoms with van der Waals surface area (Å²) < 4.78 is 143. The van der Waals surface area contributed by atoms with Crippen molar-refractivity contribution in [2.75, 3.05) is 196 Å². The number of nitrogens with one attached hydrogen (secondary N) is 2. The number of nitrogens with zero attached hydrogens (tertiary/aromatic N) is 22. The summed E-state index contributed by atoms with van der Waals surface area (Å²) >= 11 is 6.10. The Bertz CT molecular complexity index is 4430. The summed E-state index contributed by atoms with van der Waals surface area (Å²) in [5.74, 6) is -4.94. The number of carbonyl (C=O) groups is 12. The monoisotopic (exact) mass is 2040 g/mol. The Morgan fingerprint density at radius 2 is 0.500 bits per heavy atom. The van der Waals surface area contributed by atoms with Crippen LogP contribution in [0, 0.1) is 0 Å². The van der Waals surface area contributed by atoms with Gasteiger partial charge in [0.1, 0.15) is 74.2 Å². The number of imide groups is 4. The predicted octanol–water partition coefficient (Wildman–Crippen LogP) is -0.448. The van der Waals surface area contributed by atoms with Crippen LogP contribution in [0.4, 0.5) is 26.3 Å². The number of amides is 10. The van der Waals surface area contributed by atoms with Crippen molar-refractivity contribution in [1.82, 2.24) is 121 Å². The quantitative estimate of drug-likeness (QED) is 0.0211. The van der Waals surface area contributed by atoms with Gasteiger partial charge in [0.25, 0.3) is 47.3 Å². The average Bonchev–Trinajstić information content (AvgIpc) is 1.73. The van der Waals surface area contributed by atoms with E-state index in [4.69, 9.17) is 66.5 Å². The van der Waals surface area contributed by atoms with Crippen molar-refractivity contribution in [3.63, 3.8) is 0 Å². The first kappa shape index (κ1) is 113. The molecule has 744 valence electrons. The maximum Gasteiger partial charge on any atom is 0.335 e. The van der Waals surface area contributed by atoms with E-state index in [1.165, 1.54) is 33.7 Å². The van der Waals surface area contributed by atoms with Crippen LogP contribution >= 0.6 is 31.9 Å². The fraction of sp³-hybridized carbons (Fsp3) is 0.632. The Kier molecular flexibility index (Phi) is 59.6. The number of hydrogen-bond donors (Lipinski definition) is 2. The fourth-order valence-corrected chi connectivity index (χ4v) is 10.6. The third kappa shape index (κ3) is 49.7. The smallest absolute Gasteiger partial charge is 0.335 e. The van der Waals surface area contributed by atoms with E-state index in [2.05, 4.69) is 104 Å². The molecule has 0 unspecified atom stereocenters. The number of ether oxygens (including phenoxy) is 12. The minimum atomic E-state index is -0.725. The van der Waals surface area contributed by atoms with Gasteiger partial charge in [0.05, 0.1) is 272 Å². The van der Waals surface area contributed by atoms with Crippen LogP contribution in [0.25, 0.3) is 0 Å². The summed E-state index contributed by atoms with van der Waals surface area (Å²) in [7, 11) is 0. The van der Waals surface area contributed by atoms with Crippen LogP contribution in [-0.2, 0) is 203 Å². The van der Waals surface area contributed by atoms with Gasteiger partial charge >= 0.3 is 11.9 Å². The number of alkyl halides is 8. The third-order valence-corrected chi connectivity index (χ3v) is 17.6. The highest BCUT2D eigenvalue weighted by Gasteiger charge is 2.34. The van der Waals surface area contributed by atoms with Crippen LogP contribution < -0.4 is 10.6 Å². The molecular formula is C76H108Br2F6N24O26. The van der Waals surface area contributed by atoms with Gasteiger partial charge in [-0.25, -0.2) is 64.0 Å². The summed E-state index contributed by atoms with van der Waals surface area (Å²) in [5, 5.41) is 53.5. The van der Waals surface area contributed by atoms with Crippen LogP contribution in [-0.4, -0.2) is 377 Å². The van der Waals surface area contributed by atoms with Gasteiger partial charge in [0.2, 0.25) is 11.8 Å². The molecule has 2 saturated heterocycles. The highest BCUT2D eigenvalue weighted by atomic mass is 79.9. The zero-order valence-corrected chi connectivity index (χ0v) is 76.4. The molecular weight excluding hydrogens is 1930 g/mol. The number of carbonyl (C=O) groups excluding carboxylic acids is 12. The Morgan fingerprint density at radius 1 is 0.291 bits per heavy atom. The van der Waals surface area contributed by atoms with Crippen molar-refractivity contribution < 1.29 is 150 Å². The van der Waals surface area contributed by atoms with Crippen molar-refractivity contribution in [3.8, 4) is 0 Å². The molecule has 2 fully saturated rings. The van der Waals surface area contributed by atoms with E-state index in [9.17, 15) is 83.9 Å². The SMILES string of the molecule is O=C(CBr)NCCOCCn1cc(COCC[18F])nn1.O=C(CBr)NCCOCc1cn(CCOCC[18F])nn1.O=C(CCOCCn1cc(COCC[18F])nn1)ON1C(=O)CCC1=O.O=C(CCOCc1cn(CCOCC[18F])nn1)ON1C(=O)CCC1=O.O=C1C=CC(=O)N1CCOCCn1cc(COCC[18F])nn1.O=C1C=CC(=O)N1CCOCc1cn(CCOCC[18F])nn1. The van der Waals surface area contributed by atoms with Crippen LogP contribution in [0.2, 0.25) is 0 Å². The fourth-order valence-electron chi connectivity index (χ4n) is 10.2. The number of hydroxylamine groups is 4. The molecule has 10 rings (SSSR count). The number of hydrogen-bond acceptors (Lipinski definition) is 38. The maximum absolute atomic E-state index is 11.9. The highest BCUT2D eigenvalue weighted by Crippen LogP contribution is 2.15. The molecule has 0 radical (unpaired) electrons. The van der Waals surface area contributed by atoms with Crippen LogP contribution in [0.5, 0.6) is 0 Å². The minimum absolute atomic E-state index is 0.0146. The molecule has 6 aromatic rings. The molecule has 4 aliphatic heterocycles. The lowest BCUT2D eigenvalue weighted by Crippen LogP contribution is -2.33. The molecule has 0 saturated carbocycles. The zero-order valence-electron chi connectivity index (χ0n) is 73.2. The van der Waals surface area contributed by atoms with E-state index in [-0.39, 0.29) is 198 Å². The summed E-state index contributed by atoms with van der Waals surface area (Å²) in [6.07, 6.45) is 15.1. The van der Waals surface area contributed by atoms with Gasteiger partial charge in [0, 0.05) is 63.1 Å². The number of aromatic nitrogens is 18. The number of halogens is 8. The minimum Gasteiger partial charge on any atom is -0.379 e. The van der Waals surface area contributed by atoms with Crippen molar-refractivity contribution >= 4 is 103 Å². The Hall–Kier alpha value is -11.2. The average molecular weight is 2040 g/mol. The Balaban J connectivity index is 0.000000285. The molecule has 0 aromatic carbocycles. The summed E-state index contributed by atoms with van der Waals surface area (Å²) in [4.78, 5) is 147. The van der Waals surface area contributed by atoms with Gasteiger partial charge in [-0.3, -0.25) is 57.7 Å².